The van der Waals surface area contributed by atoms with Crippen molar-refractivity contribution in [2.24, 2.45) is 10.9 Å². The van der Waals surface area contributed by atoms with Gasteiger partial charge < -0.3 is 10.1 Å². The third kappa shape index (κ3) is 2.72. The van der Waals surface area contributed by atoms with Crippen LogP contribution in [0.15, 0.2) is 29.3 Å². The molecule has 1 aromatic rings. The molecule has 2 aliphatic rings. The quantitative estimate of drug-likeness (QED) is 0.882. The minimum atomic E-state index is 0.730. The summed E-state index contributed by atoms with van der Waals surface area (Å²) in [5, 5.41) is 3.42. The smallest absolute Gasteiger partial charge is 0.216 e. The first-order valence-electron chi connectivity index (χ1n) is 6.89. The molecule has 18 heavy (non-hydrogen) atoms. The molecule has 1 fully saturated rings. The molecule has 0 aliphatic carbocycles. The van der Waals surface area contributed by atoms with Gasteiger partial charge in [-0.25, -0.2) is 4.99 Å². The molecular weight excluding hydrogens is 224 g/mol. The number of nitrogens with zero attached hydrogens (tertiary/aromatic N) is 1. The van der Waals surface area contributed by atoms with Crippen LogP contribution in [0, 0.1) is 5.92 Å². The van der Waals surface area contributed by atoms with Crippen molar-refractivity contribution in [3.8, 4) is 0 Å². The lowest BCUT2D eigenvalue weighted by atomic mass is 9.90. The van der Waals surface area contributed by atoms with Crippen molar-refractivity contribution in [1.29, 1.82) is 0 Å². The Bertz CT molecular complexity index is 436. The zero-order valence-corrected chi connectivity index (χ0v) is 10.7. The van der Waals surface area contributed by atoms with Crippen LogP contribution in [0.4, 0.5) is 0 Å². The molecule has 1 N–H and O–H groups in total. The molecule has 3 rings (SSSR count). The molecule has 1 saturated heterocycles. The third-order valence-corrected chi connectivity index (χ3v) is 3.74. The van der Waals surface area contributed by atoms with E-state index >= 15 is 0 Å². The van der Waals surface area contributed by atoms with Crippen molar-refractivity contribution < 1.29 is 4.74 Å². The van der Waals surface area contributed by atoms with Crippen LogP contribution in [-0.2, 0) is 11.2 Å². The van der Waals surface area contributed by atoms with Gasteiger partial charge in [-0.1, -0.05) is 12.1 Å². The first-order chi connectivity index (χ1) is 8.92. The molecule has 3 nitrogen and oxygen atoms in total. The number of nitrogens with one attached hydrogen (secondary N) is 1. The summed E-state index contributed by atoms with van der Waals surface area (Å²) in [7, 11) is 0. The highest BCUT2D eigenvalue weighted by Gasteiger charge is 2.15. The molecule has 1 aromatic carbocycles. The first-order valence-corrected chi connectivity index (χ1v) is 6.89. The number of rotatable bonds is 3. The topological polar surface area (TPSA) is 33.6 Å². The predicted octanol–water partition coefficient (Wildman–Crippen LogP) is 2.01. The average Bonchev–Trinajstić information content (AvgIpc) is 2.94. The van der Waals surface area contributed by atoms with E-state index in [1.807, 2.05) is 0 Å². The summed E-state index contributed by atoms with van der Waals surface area (Å²) in [6.07, 6.45) is 3.77. The summed E-state index contributed by atoms with van der Waals surface area (Å²) in [6.45, 7) is 3.86. The Labute approximate surface area is 108 Å². The van der Waals surface area contributed by atoms with Gasteiger partial charge in [-0.15, -0.1) is 0 Å². The minimum Gasteiger partial charge on any atom is -0.476 e. The van der Waals surface area contributed by atoms with E-state index in [1.165, 1.54) is 37.9 Å². The van der Waals surface area contributed by atoms with E-state index in [9.17, 15) is 0 Å². The number of piperidine rings is 1. The number of benzene rings is 1. The molecule has 0 amide bonds. The maximum absolute atomic E-state index is 5.52. The fourth-order valence-electron chi connectivity index (χ4n) is 2.76. The summed E-state index contributed by atoms with van der Waals surface area (Å²) in [6, 6.07) is 8.68. The molecule has 96 valence electrons. The highest BCUT2D eigenvalue weighted by Crippen LogP contribution is 2.19. The van der Waals surface area contributed by atoms with Crippen LogP contribution in [0.25, 0.3) is 0 Å². The highest BCUT2D eigenvalue weighted by molar-refractivity contribution is 5.95. The van der Waals surface area contributed by atoms with Gasteiger partial charge in [0.2, 0.25) is 5.90 Å². The van der Waals surface area contributed by atoms with Crippen molar-refractivity contribution in [3.63, 3.8) is 0 Å². The molecule has 0 saturated carbocycles. The van der Waals surface area contributed by atoms with Gasteiger partial charge in [-0.05, 0) is 56.0 Å². The lowest BCUT2D eigenvalue weighted by Crippen LogP contribution is -2.28. The second kappa shape index (κ2) is 5.53. The monoisotopic (exact) mass is 244 g/mol. The molecule has 0 radical (unpaired) electrons. The van der Waals surface area contributed by atoms with Gasteiger partial charge in [-0.2, -0.15) is 0 Å². The number of aliphatic imine (C=N–C) groups is 1. The standard InChI is InChI=1S/C15H20N2O/c1-2-13(10-12-4-6-16-7-5-12)11-14(3-1)15-17-8-9-18-15/h1-3,11-12,16H,4-10H2. The van der Waals surface area contributed by atoms with Crippen molar-refractivity contribution in [3.05, 3.63) is 35.4 Å². The van der Waals surface area contributed by atoms with Crippen molar-refractivity contribution >= 4 is 5.90 Å². The average molecular weight is 244 g/mol. The second-order valence-corrected chi connectivity index (χ2v) is 5.13. The summed E-state index contributed by atoms with van der Waals surface area (Å²) >= 11 is 0. The summed E-state index contributed by atoms with van der Waals surface area (Å²) < 4.78 is 5.52. The number of hydrogen-bond acceptors (Lipinski definition) is 3. The molecule has 0 aromatic heterocycles. The summed E-state index contributed by atoms with van der Waals surface area (Å²) in [5.74, 6) is 1.65. The molecule has 2 aliphatic heterocycles. The van der Waals surface area contributed by atoms with Gasteiger partial charge in [0.1, 0.15) is 6.61 Å². The molecule has 0 bridgehead atoms. The molecule has 3 heteroatoms. The van der Waals surface area contributed by atoms with Crippen LogP contribution in [-0.4, -0.2) is 32.1 Å². The molecule has 0 spiro atoms. The van der Waals surface area contributed by atoms with E-state index in [4.69, 9.17) is 4.74 Å². The van der Waals surface area contributed by atoms with Crippen LogP contribution in [0.3, 0.4) is 0 Å². The lowest BCUT2D eigenvalue weighted by molar-refractivity contribution is 0.348. The van der Waals surface area contributed by atoms with Gasteiger partial charge in [0.05, 0.1) is 6.54 Å². The summed E-state index contributed by atoms with van der Waals surface area (Å²) in [4.78, 5) is 4.38. The van der Waals surface area contributed by atoms with Gasteiger partial charge >= 0.3 is 0 Å². The van der Waals surface area contributed by atoms with E-state index in [0.29, 0.717) is 0 Å². The van der Waals surface area contributed by atoms with Gasteiger partial charge in [0.25, 0.3) is 0 Å². The Hall–Kier alpha value is -1.35. The molecule has 2 heterocycles. The SMILES string of the molecule is c1cc(CC2CCNCC2)cc(C2=NCCO2)c1. The molecular formula is C15H20N2O. The first kappa shape index (κ1) is 11.7. The number of hydrogen-bond donors (Lipinski definition) is 1. The van der Waals surface area contributed by atoms with Gasteiger partial charge in [-0.3, -0.25) is 0 Å². The van der Waals surface area contributed by atoms with E-state index in [2.05, 4.69) is 34.6 Å². The van der Waals surface area contributed by atoms with Crippen molar-refractivity contribution in [2.45, 2.75) is 19.3 Å². The third-order valence-electron chi connectivity index (χ3n) is 3.74. The zero-order chi connectivity index (χ0) is 12.2. The van der Waals surface area contributed by atoms with E-state index in [1.54, 1.807) is 0 Å². The number of ether oxygens (including phenoxy) is 1. The molecule has 0 unspecified atom stereocenters. The summed E-state index contributed by atoms with van der Waals surface area (Å²) in [5.41, 5.74) is 2.55. The second-order valence-electron chi connectivity index (χ2n) is 5.13. The van der Waals surface area contributed by atoms with E-state index < -0.39 is 0 Å². The fraction of sp³-hybridized carbons (Fsp3) is 0.533. The Morgan fingerprint density at radius 2 is 2.17 bits per heavy atom. The predicted molar refractivity (Wildman–Crippen MR) is 73.1 cm³/mol. The minimum absolute atomic E-state index is 0.730. The fourth-order valence-corrected chi connectivity index (χ4v) is 2.76. The Morgan fingerprint density at radius 1 is 1.28 bits per heavy atom. The van der Waals surface area contributed by atoms with E-state index in [0.717, 1.165) is 30.5 Å². The van der Waals surface area contributed by atoms with Crippen LogP contribution >= 0.6 is 0 Å². The molecule has 0 atom stereocenters. The highest BCUT2D eigenvalue weighted by atomic mass is 16.5. The van der Waals surface area contributed by atoms with Crippen LogP contribution < -0.4 is 5.32 Å². The Balaban J connectivity index is 1.70. The largest absolute Gasteiger partial charge is 0.476 e. The maximum Gasteiger partial charge on any atom is 0.216 e. The van der Waals surface area contributed by atoms with Gasteiger partial charge in [0, 0.05) is 5.56 Å². The normalized spacial score (nSPS) is 20.6. The van der Waals surface area contributed by atoms with Crippen LogP contribution in [0.5, 0.6) is 0 Å². The lowest BCUT2D eigenvalue weighted by Gasteiger charge is -2.22. The van der Waals surface area contributed by atoms with Crippen molar-refractivity contribution in [1.82, 2.24) is 5.32 Å². The van der Waals surface area contributed by atoms with Crippen LogP contribution in [0.1, 0.15) is 24.0 Å². The zero-order valence-electron chi connectivity index (χ0n) is 10.7. The van der Waals surface area contributed by atoms with E-state index in [-0.39, 0.29) is 0 Å². The Morgan fingerprint density at radius 3 is 2.94 bits per heavy atom. The maximum atomic E-state index is 5.52. The van der Waals surface area contributed by atoms with Crippen molar-refractivity contribution in [2.75, 3.05) is 26.2 Å². The van der Waals surface area contributed by atoms with Gasteiger partial charge in [0.15, 0.2) is 0 Å². The Kier molecular flexibility index (Phi) is 3.60. The van der Waals surface area contributed by atoms with Crippen LogP contribution in [0.2, 0.25) is 0 Å².